The number of aliphatic hydroxyl groups excluding tert-OH is 1. The second kappa shape index (κ2) is 11.0. The normalized spacial score (nSPS) is 17.6. The number of carbonyl (C=O) groups excluding carboxylic acids is 2. The van der Waals surface area contributed by atoms with E-state index in [0.29, 0.717) is 37.6 Å². The number of likely N-dealkylation sites (N-methyl/N-ethyl adjacent to an activating group) is 1. The first-order valence-corrected chi connectivity index (χ1v) is 11.3. The molecule has 0 radical (unpaired) electrons. The molecular formula is C26H32N2O5. The van der Waals surface area contributed by atoms with Crippen LogP contribution < -0.4 is 9.47 Å². The average molecular weight is 453 g/mol. The Morgan fingerprint density at radius 3 is 2.15 bits per heavy atom. The summed E-state index contributed by atoms with van der Waals surface area (Å²) in [6, 6.07) is 13.5. The van der Waals surface area contributed by atoms with E-state index >= 15 is 0 Å². The van der Waals surface area contributed by atoms with Crippen LogP contribution in [0, 0.1) is 0 Å². The summed E-state index contributed by atoms with van der Waals surface area (Å²) in [7, 11) is 3.82. The molecule has 0 aromatic heterocycles. The van der Waals surface area contributed by atoms with E-state index in [2.05, 4.69) is 0 Å². The first-order chi connectivity index (χ1) is 15.9. The van der Waals surface area contributed by atoms with Gasteiger partial charge in [0.1, 0.15) is 17.3 Å². The number of ketones is 1. The molecule has 1 fully saturated rings. The first-order valence-electron chi connectivity index (χ1n) is 11.3. The molecule has 176 valence electrons. The van der Waals surface area contributed by atoms with Crippen LogP contribution in [0.25, 0.3) is 5.76 Å². The molecule has 7 nitrogen and oxygen atoms in total. The Balaban J connectivity index is 2.04. The molecule has 7 heteroatoms. The maximum Gasteiger partial charge on any atom is 0.295 e. The van der Waals surface area contributed by atoms with Crippen LogP contribution in [-0.2, 0) is 9.59 Å². The topological polar surface area (TPSA) is 79.3 Å². The highest BCUT2D eigenvalue weighted by atomic mass is 16.5. The van der Waals surface area contributed by atoms with Crippen LogP contribution in [0.15, 0.2) is 54.1 Å². The zero-order chi connectivity index (χ0) is 24.0. The summed E-state index contributed by atoms with van der Waals surface area (Å²) in [5.41, 5.74) is 1.28. The number of Topliss-reactive ketones (excluding diaryl/α,β-unsaturated/α-hetero) is 1. The van der Waals surface area contributed by atoms with Crippen molar-refractivity contribution in [1.82, 2.24) is 9.80 Å². The van der Waals surface area contributed by atoms with E-state index < -0.39 is 17.7 Å². The van der Waals surface area contributed by atoms with Crippen molar-refractivity contribution < 1.29 is 24.2 Å². The van der Waals surface area contributed by atoms with Crippen LogP contribution in [0.4, 0.5) is 0 Å². The van der Waals surface area contributed by atoms with E-state index in [9.17, 15) is 14.7 Å². The van der Waals surface area contributed by atoms with Gasteiger partial charge in [0.15, 0.2) is 0 Å². The Bertz CT molecular complexity index is 996. The Kier molecular flexibility index (Phi) is 8.11. The molecule has 1 N–H and O–H groups in total. The van der Waals surface area contributed by atoms with Crippen LogP contribution in [0.3, 0.4) is 0 Å². The van der Waals surface area contributed by atoms with Gasteiger partial charge < -0.3 is 24.4 Å². The first kappa shape index (κ1) is 24.3. The molecule has 33 heavy (non-hydrogen) atoms. The van der Waals surface area contributed by atoms with Crippen molar-refractivity contribution in [2.75, 3.05) is 40.4 Å². The predicted octanol–water partition coefficient (Wildman–Crippen LogP) is 3.86. The van der Waals surface area contributed by atoms with Crippen LogP contribution in [0.5, 0.6) is 11.5 Å². The number of hydrogen-bond donors (Lipinski definition) is 1. The highest BCUT2D eigenvalue weighted by Gasteiger charge is 2.45. The van der Waals surface area contributed by atoms with Crippen LogP contribution in [0.1, 0.15) is 37.4 Å². The molecule has 0 unspecified atom stereocenters. The molecule has 0 saturated carbocycles. The third-order valence-corrected chi connectivity index (χ3v) is 5.44. The molecule has 1 heterocycles. The van der Waals surface area contributed by atoms with Gasteiger partial charge in [-0.3, -0.25) is 9.59 Å². The molecule has 2 aromatic rings. The van der Waals surface area contributed by atoms with Crippen molar-refractivity contribution in [3.63, 3.8) is 0 Å². The number of amides is 1. The van der Waals surface area contributed by atoms with Crippen molar-refractivity contribution in [3.05, 3.63) is 65.2 Å². The molecule has 0 aliphatic carbocycles. The van der Waals surface area contributed by atoms with E-state index in [4.69, 9.17) is 9.47 Å². The van der Waals surface area contributed by atoms with Crippen molar-refractivity contribution in [1.29, 1.82) is 0 Å². The van der Waals surface area contributed by atoms with E-state index in [0.717, 1.165) is 17.7 Å². The Morgan fingerprint density at radius 2 is 1.58 bits per heavy atom. The van der Waals surface area contributed by atoms with Crippen LogP contribution >= 0.6 is 0 Å². The number of benzene rings is 2. The third kappa shape index (κ3) is 5.54. The van der Waals surface area contributed by atoms with Gasteiger partial charge in [-0.15, -0.1) is 0 Å². The van der Waals surface area contributed by atoms with Crippen molar-refractivity contribution in [2.24, 2.45) is 0 Å². The molecule has 1 atom stereocenters. The second-order valence-electron chi connectivity index (χ2n) is 8.17. The van der Waals surface area contributed by atoms with Gasteiger partial charge in [-0.1, -0.05) is 19.1 Å². The fourth-order valence-corrected chi connectivity index (χ4v) is 3.76. The van der Waals surface area contributed by atoms with Gasteiger partial charge in [0.2, 0.25) is 0 Å². The number of ether oxygens (including phenoxy) is 2. The van der Waals surface area contributed by atoms with E-state index in [1.54, 1.807) is 24.3 Å². The molecule has 1 amide bonds. The predicted molar refractivity (Wildman–Crippen MR) is 127 cm³/mol. The minimum Gasteiger partial charge on any atom is -0.507 e. The maximum absolute atomic E-state index is 13.1. The molecule has 0 bridgehead atoms. The highest BCUT2D eigenvalue weighted by Crippen LogP contribution is 2.39. The quantitative estimate of drug-likeness (QED) is 0.335. The summed E-state index contributed by atoms with van der Waals surface area (Å²) < 4.78 is 11.1. The summed E-state index contributed by atoms with van der Waals surface area (Å²) in [5, 5.41) is 11.1. The van der Waals surface area contributed by atoms with Crippen LogP contribution in [0.2, 0.25) is 0 Å². The number of hydrogen-bond acceptors (Lipinski definition) is 6. The minimum atomic E-state index is -0.684. The lowest BCUT2D eigenvalue weighted by atomic mass is 9.95. The SMILES string of the molecule is CCCOc1ccc([C@@H]2C(=C(O)c3ccc(OCC)cc3)C(=O)C(=O)N2CCN(C)C)cc1. The largest absolute Gasteiger partial charge is 0.507 e. The van der Waals surface area contributed by atoms with Gasteiger partial charge >= 0.3 is 0 Å². The molecule has 1 saturated heterocycles. The average Bonchev–Trinajstić information content (AvgIpc) is 3.06. The summed E-state index contributed by atoms with van der Waals surface area (Å²) in [6.45, 7) is 6.01. The smallest absolute Gasteiger partial charge is 0.295 e. The van der Waals surface area contributed by atoms with E-state index in [1.807, 2.05) is 57.1 Å². The number of likely N-dealkylation sites (tertiary alicyclic amines) is 1. The zero-order valence-corrected chi connectivity index (χ0v) is 19.7. The lowest BCUT2D eigenvalue weighted by Gasteiger charge is -2.26. The molecule has 1 aliphatic heterocycles. The maximum atomic E-state index is 13.1. The molecule has 3 rings (SSSR count). The van der Waals surface area contributed by atoms with Gasteiger partial charge in [0.05, 0.1) is 24.8 Å². The number of rotatable bonds is 10. The van der Waals surface area contributed by atoms with E-state index in [-0.39, 0.29) is 11.3 Å². The monoisotopic (exact) mass is 452 g/mol. The lowest BCUT2D eigenvalue weighted by Crippen LogP contribution is -2.35. The van der Waals surface area contributed by atoms with Crippen molar-refractivity contribution in [2.45, 2.75) is 26.3 Å². The molecule has 0 spiro atoms. The van der Waals surface area contributed by atoms with Gasteiger partial charge in [0, 0.05) is 18.7 Å². The Hall–Kier alpha value is -3.32. The standard InChI is InChI=1S/C26H32N2O5/c1-5-17-33-21-11-7-18(8-12-21)23-22(25(30)26(31)28(23)16-15-27(3)4)24(29)19-9-13-20(14-10-19)32-6-2/h7-14,23,29H,5-6,15-17H2,1-4H3/t23-/m1/s1. The van der Waals surface area contributed by atoms with Crippen molar-refractivity contribution in [3.8, 4) is 11.5 Å². The number of aliphatic hydroxyl groups is 1. The second-order valence-corrected chi connectivity index (χ2v) is 8.17. The molecular weight excluding hydrogens is 420 g/mol. The summed E-state index contributed by atoms with van der Waals surface area (Å²) in [6.07, 6.45) is 0.897. The molecule has 1 aliphatic rings. The number of carbonyl (C=O) groups is 2. The van der Waals surface area contributed by atoms with E-state index in [1.165, 1.54) is 4.90 Å². The summed E-state index contributed by atoms with van der Waals surface area (Å²) in [5.74, 6) is -0.103. The third-order valence-electron chi connectivity index (χ3n) is 5.44. The number of nitrogens with zero attached hydrogens (tertiary/aromatic N) is 2. The fourth-order valence-electron chi connectivity index (χ4n) is 3.76. The van der Waals surface area contributed by atoms with Crippen LogP contribution in [-0.4, -0.2) is 67.0 Å². The minimum absolute atomic E-state index is 0.0881. The summed E-state index contributed by atoms with van der Waals surface area (Å²) in [4.78, 5) is 29.5. The Morgan fingerprint density at radius 1 is 0.970 bits per heavy atom. The molecule has 2 aromatic carbocycles. The fraction of sp³-hybridized carbons (Fsp3) is 0.385. The zero-order valence-electron chi connectivity index (χ0n) is 19.7. The van der Waals surface area contributed by atoms with Gasteiger partial charge in [0.25, 0.3) is 11.7 Å². The van der Waals surface area contributed by atoms with Gasteiger partial charge in [-0.2, -0.15) is 0 Å². The van der Waals surface area contributed by atoms with Crippen molar-refractivity contribution >= 4 is 17.4 Å². The van der Waals surface area contributed by atoms with Gasteiger partial charge in [-0.05, 0) is 69.4 Å². The Labute approximate surface area is 195 Å². The lowest BCUT2D eigenvalue weighted by molar-refractivity contribution is -0.140. The highest BCUT2D eigenvalue weighted by molar-refractivity contribution is 6.46. The summed E-state index contributed by atoms with van der Waals surface area (Å²) >= 11 is 0. The van der Waals surface area contributed by atoms with Gasteiger partial charge in [-0.25, -0.2) is 0 Å².